The van der Waals surface area contributed by atoms with E-state index in [1.165, 1.54) is 25.7 Å². The number of hydrogen-bond donors (Lipinski definition) is 1. The third-order valence-corrected chi connectivity index (χ3v) is 4.09. The Labute approximate surface area is 129 Å². The molecule has 0 aromatic heterocycles. The first-order valence-corrected chi connectivity index (χ1v) is 7.17. The molecule has 1 saturated carbocycles. The van der Waals surface area contributed by atoms with Gasteiger partial charge in [0.15, 0.2) is 0 Å². The van der Waals surface area contributed by atoms with Crippen LogP contribution in [0.2, 0.25) is 0 Å². The van der Waals surface area contributed by atoms with Crippen molar-refractivity contribution in [3.05, 3.63) is 28.2 Å². The molecule has 1 aliphatic rings. The third kappa shape index (κ3) is 4.11. The fourth-order valence-corrected chi connectivity index (χ4v) is 2.98. The Morgan fingerprint density at radius 3 is 2.63 bits per heavy atom. The number of carbonyl (C=O) groups is 1. The van der Waals surface area contributed by atoms with Crippen LogP contribution in [0.25, 0.3) is 0 Å². The van der Waals surface area contributed by atoms with Gasteiger partial charge in [-0.1, -0.05) is 28.8 Å². The van der Waals surface area contributed by atoms with Crippen LogP contribution in [-0.4, -0.2) is 24.4 Å². The Morgan fingerprint density at radius 1 is 1.42 bits per heavy atom. The summed E-state index contributed by atoms with van der Waals surface area (Å²) in [5, 5.41) is 0. The molecule has 0 radical (unpaired) electrons. The number of nitrogen functional groups attached to an aromatic ring is 1. The van der Waals surface area contributed by atoms with Crippen LogP contribution in [0.5, 0.6) is 0 Å². The Bertz CT molecular complexity index is 447. The number of rotatable bonds is 3. The highest BCUT2D eigenvalue weighted by molar-refractivity contribution is 9.10. The first-order valence-electron chi connectivity index (χ1n) is 6.38. The van der Waals surface area contributed by atoms with E-state index < -0.39 is 0 Å². The van der Waals surface area contributed by atoms with E-state index in [1.807, 2.05) is 13.1 Å². The van der Waals surface area contributed by atoms with Gasteiger partial charge in [0.2, 0.25) is 0 Å². The molecule has 1 amide bonds. The smallest absolute Gasteiger partial charge is 0.255 e. The molecule has 0 saturated heterocycles. The van der Waals surface area contributed by atoms with Crippen LogP contribution in [0.15, 0.2) is 22.7 Å². The van der Waals surface area contributed by atoms with E-state index in [4.69, 9.17) is 5.73 Å². The van der Waals surface area contributed by atoms with Gasteiger partial charge < -0.3 is 10.6 Å². The zero-order valence-electron chi connectivity index (χ0n) is 11.1. The zero-order valence-corrected chi connectivity index (χ0v) is 13.5. The van der Waals surface area contributed by atoms with Gasteiger partial charge >= 0.3 is 0 Å². The lowest BCUT2D eigenvalue weighted by Crippen LogP contribution is -2.31. The highest BCUT2D eigenvalue weighted by Gasteiger charge is 2.21. The highest BCUT2D eigenvalue weighted by atomic mass is 79.9. The second-order valence-corrected chi connectivity index (χ2v) is 5.98. The number of nitrogens with zero attached hydrogens (tertiary/aromatic N) is 1. The van der Waals surface area contributed by atoms with Gasteiger partial charge in [-0.25, -0.2) is 0 Å². The monoisotopic (exact) mass is 346 g/mol. The number of halogens is 2. The second kappa shape index (κ2) is 7.15. The highest BCUT2D eigenvalue weighted by Crippen LogP contribution is 2.26. The van der Waals surface area contributed by atoms with E-state index in [-0.39, 0.29) is 18.3 Å². The Hall–Kier alpha value is -0.740. The van der Waals surface area contributed by atoms with Crippen molar-refractivity contribution in [1.29, 1.82) is 0 Å². The Morgan fingerprint density at radius 2 is 2.05 bits per heavy atom. The number of carbonyl (C=O) groups excluding carboxylic acids is 1. The maximum atomic E-state index is 12.3. The summed E-state index contributed by atoms with van der Waals surface area (Å²) < 4.78 is 0.898. The minimum Gasteiger partial charge on any atom is -0.398 e. The van der Waals surface area contributed by atoms with Crippen molar-refractivity contribution in [3.8, 4) is 0 Å². The predicted molar refractivity (Wildman–Crippen MR) is 84.7 cm³/mol. The van der Waals surface area contributed by atoms with E-state index in [2.05, 4.69) is 15.9 Å². The number of amides is 1. The molecule has 0 unspecified atom stereocenters. The van der Waals surface area contributed by atoms with Crippen LogP contribution >= 0.6 is 28.3 Å². The minimum absolute atomic E-state index is 0. The molecule has 0 heterocycles. The van der Waals surface area contributed by atoms with Crippen molar-refractivity contribution in [1.82, 2.24) is 4.90 Å². The molecule has 2 rings (SSSR count). The van der Waals surface area contributed by atoms with Crippen molar-refractivity contribution in [2.45, 2.75) is 25.7 Å². The molecule has 0 bridgehead atoms. The molecule has 1 aliphatic carbocycles. The van der Waals surface area contributed by atoms with E-state index in [1.54, 1.807) is 17.0 Å². The standard InChI is InChI=1S/C14H19BrN2O.ClH/c1-17(9-10-4-2-3-5-10)14(18)12-7-6-11(15)8-13(12)16;/h6-8,10H,2-5,9,16H2,1H3;1H. The summed E-state index contributed by atoms with van der Waals surface area (Å²) in [5.41, 5.74) is 7.02. The molecular formula is C14H20BrClN2O. The molecule has 3 nitrogen and oxygen atoms in total. The Kier molecular flexibility index (Phi) is 6.14. The molecule has 0 spiro atoms. The largest absolute Gasteiger partial charge is 0.398 e. The lowest BCUT2D eigenvalue weighted by molar-refractivity contribution is 0.0774. The summed E-state index contributed by atoms with van der Waals surface area (Å²) in [6, 6.07) is 5.41. The van der Waals surface area contributed by atoms with E-state index in [0.717, 1.165) is 11.0 Å². The number of anilines is 1. The summed E-state index contributed by atoms with van der Waals surface area (Å²) in [7, 11) is 1.86. The van der Waals surface area contributed by atoms with E-state index in [0.29, 0.717) is 17.2 Å². The summed E-state index contributed by atoms with van der Waals surface area (Å²) in [5.74, 6) is 0.683. The number of benzene rings is 1. The van der Waals surface area contributed by atoms with Crippen molar-refractivity contribution >= 4 is 39.9 Å². The lowest BCUT2D eigenvalue weighted by atomic mass is 10.1. The van der Waals surface area contributed by atoms with Crippen molar-refractivity contribution < 1.29 is 4.79 Å². The predicted octanol–water partition coefficient (Wildman–Crippen LogP) is 3.72. The maximum absolute atomic E-state index is 12.3. The van der Waals surface area contributed by atoms with Gasteiger partial charge in [-0.3, -0.25) is 4.79 Å². The average Bonchev–Trinajstić information content (AvgIpc) is 2.81. The quantitative estimate of drug-likeness (QED) is 0.847. The minimum atomic E-state index is 0. The van der Waals surface area contributed by atoms with Crippen LogP contribution in [0.1, 0.15) is 36.0 Å². The number of nitrogens with two attached hydrogens (primary N) is 1. The van der Waals surface area contributed by atoms with Crippen LogP contribution in [-0.2, 0) is 0 Å². The van der Waals surface area contributed by atoms with Crippen LogP contribution in [0, 0.1) is 5.92 Å². The van der Waals surface area contributed by atoms with Gasteiger partial charge in [0.1, 0.15) is 0 Å². The maximum Gasteiger partial charge on any atom is 0.255 e. The first-order chi connectivity index (χ1) is 8.58. The second-order valence-electron chi connectivity index (χ2n) is 5.07. The van der Waals surface area contributed by atoms with Crippen LogP contribution in [0.3, 0.4) is 0 Å². The molecule has 1 aromatic carbocycles. The fourth-order valence-electron chi connectivity index (χ4n) is 2.60. The van der Waals surface area contributed by atoms with Gasteiger partial charge in [0.25, 0.3) is 5.91 Å². The molecule has 19 heavy (non-hydrogen) atoms. The molecule has 0 atom stereocenters. The van der Waals surface area contributed by atoms with Crippen LogP contribution in [0.4, 0.5) is 5.69 Å². The lowest BCUT2D eigenvalue weighted by Gasteiger charge is -2.21. The summed E-state index contributed by atoms with van der Waals surface area (Å²) >= 11 is 3.35. The SMILES string of the molecule is CN(CC1CCCC1)C(=O)c1ccc(Br)cc1N.Cl. The topological polar surface area (TPSA) is 46.3 Å². The van der Waals surface area contributed by atoms with Crippen LogP contribution < -0.4 is 5.73 Å². The van der Waals surface area contributed by atoms with Gasteiger partial charge in [-0.05, 0) is 37.0 Å². The molecule has 0 aliphatic heterocycles. The average molecular weight is 348 g/mol. The van der Waals surface area contributed by atoms with Crippen molar-refractivity contribution in [2.24, 2.45) is 5.92 Å². The summed E-state index contributed by atoms with van der Waals surface area (Å²) in [6.07, 6.45) is 5.08. The Balaban J connectivity index is 0.00000180. The molecule has 1 aromatic rings. The molecule has 106 valence electrons. The normalized spacial score (nSPS) is 15.1. The van der Waals surface area contributed by atoms with Gasteiger partial charge in [-0.15, -0.1) is 12.4 Å². The first kappa shape index (κ1) is 16.3. The van der Waals surface area contributed by atoms with Crippen molar-refractivity contribution in [2.75, 3.05) is 19.3 Å². The van der Waals surface area contributed by atoms with Gasteiger partial charge in [0, 0.05) is 23.8 Å². The van der Waals surface area contributed by atoms with Crippen molar-refractivity contribution in [3.63, 3.8) is 0 Å². The molecule has 2 N–H and O–H groups in total. The fraction of sp³-hybridized carbons (Fsp3) is 0.500. The molecular weight excluding hydrogens is 328 g/mol. The number of hydrogen-bond acceptors (Lipinski definition) is 2. The van der Waals surface area contributed by atoms with Gasteiger partial charge in [0.05, 0.1) is 5.56 Å². The summed E-state index contributed by atoms with van der Waals surface area (Å²) in [4.78, 5) is 14.1. The zero-order chi connectivity index (χ0) is 13.1. The summed E-state index contributed by atoms with van der Waals surface area (Å²) in [6.45, 7) is 0.842. The molecule has 5 heteroatoms. The van der Waals surface area contributed by atoms with E-state index in [9.17, 15) is 4.79 Å². The van der Waals surface area contributed by atoms with E-state index >= 15 is 0 Å². The van der Waals surface area contributed by atoms with Gasteiger partial charge in [-0.2, -0.15) is 0 Å². The molecule has 1 fully saturated rings. The third-order valence-electron chi connectivity index (χ3n) is 3.60.